The van der Waals surface area contributed by atoms with Crippen molar-refractivity contribution in [1.29, 1.82) is 0 Å². The highest BCUT2D eigenvalue weighted by atomic mass is 16.5. The fraction of sp³-hybridized carbons (Fsp3) is 0.409. The fourth-order valence-electron chi connectivity index (χ4n) is 3.29. The molecule has 0 fully saturated rings. The number of aromatic nitrogens is 1. The Hall–Kier alpha value is -2.29. The van der Waals surface area contributed by atoms with Crippen LogP contribution in [-0.2, 0) is 0 Å². The normalized spacial score (nSPS) is 19.4. The van der Waals surface area contributed by atoms with E-state index in [1.807, 2.05) is 19.1 Å². The minimum atomic E-state index is -0.346. The van der Waals surface area contributed by atoms with Gasteiger partial charge in [0.1, 0.15) is 0 Å². The summed E-state index contributed by atoms with van der Waals surface area (Å²) in [4.78, 5) is 11.4. The molecular formula is C22H29NO2. The van der Waals surface area contributed by atoms with Gasteiger partial charge in [0.25, 0.3) is 0 Å². The van der Waals surface area contributed by atoms with Crippen LogP contribution in [0.2, 0.25) is 0 Å². The van der Waals surface area contributed by atoms with Crippen molar-refractivity contribution in [1.82, 2.24) is 5.16 Å². The summed E-state index contributed by atoms with van der Waals surface area (Å²) in [5, 5.41) is 2.45. The molecule has 0 saturated carbocycles. The molecule has 3 nitrogen and oxygen atoms in total. The molecule has 0 unspecified atom stereocenters. The first kappa shape index (κ1) is 19.0. The highest BCUT2D eigenvalue weighted by molar-refractivity contribution is 5.53. The zero-order valence-corrected chi connectivity index (χ0v) is 16.0. The lowest BCUT2D eigenvalue weighted by Crippen LogP contribution is -2.19. The molecule has 0 amide bonds. The molecule has 0 saturated heterocycles. The first-order valence-corrected chi connectivity index (χ1v) is 8.88. The van der Waals surface area contributed by atoms with Crippen molar-refractivity contribution < 1.29 is 4.52 Å². The smallest absolute Gasteiger partial charge is 0.338 e. The van der Waals surface area contributed by atoms with Crippen molar-refractivity contribution in [2.24, 2.45) is 5.41 Å². The second-order valence-corrected chi connectivity index (χ2v) is 7.53. The zero-order chi connectivity index (χ0) is 18.4. The van der Waals surface area contributed by atoms with E-state index in [1.165, 1.54) is 36.0 Å². The second kappa shape index (κ2) is 8.19. The maximum atomic E-state index is 11.4. The molecular weight excluding hydrogens is 310 g/mol. The van der Waals surface area contributed by atoms with Gasteiger partial charge in [0.05, 0.1) is 11.8 Å². The van der Waals surface area contributed by atoms with Gasteiger partial charge in [-0.1, -0.05) is 60.9 Å². The molecule has 0 aliphatic heterocycles. The van der Waals surface area contributed by atoms with Gasteiger partial charge in [-0.25, -0.2) is 9.95 Å². The number of aromatic amines is 1. The summed E-state index contributed by atoms with van der Waals surface area (Å²) in [6.45, 7) is 11.0. The monoisotopic (exact) mass is 339 g/mol. The van der Waals surface area contributed by atoms with Gasteiger partial charge in [-0.05, 0) is 57.1 Å². The Kier molecular flexibility index (Phi) is 6.24. The van der Waals surface area contributed by atoms with Crippen molar-refractivity contribution in [2.45, 2.75) is 53.9 Å². The van der Waals surface area contributed by atoms with Crippen molar-refractivity contribution in [3.05, 3.63) is 74.9 Å². The molecule has 0 atom stereocenters. The van der Waals surface area contributed by atoms with E-state index in [4.69, 9.17) is 0 Å². The lowest BCUT2D eigenvalue weighted by Gasteiger charge is -2.32. The largest absolute Gasteiger partial charge is 0.364 e. The molecule has 2 rings (SSSR count). The van der Waals surface area contributed by atoms with Crippen LogP contribution in [0.1, 0.15) is 59.4 Å². The molecule has 25 heavy (non-hydrogen) atoms. The van der Waals surface area contributed by atoms with E-state index in [0.717, 1.165) is 5.57 Å². The van der Waals surface area contributed by atoms with Crippen LogP contribution in [0.5, 0.6) is 0 Å². The summed E-state index contributed by atoms with van der Waals surface area (Å²) in [6, 6.07) is 0. The average Bonchev–Trinajstić information content (AvgIpc) is 2.91. The second-order valence-electron chi connectivity index (χ2n) is 7.53. The molecule has 0 spiro atoms. The van der Waals surface area contributed by atoms with Gasteiger partial charge in [-0.15, -0.1) is 0 Å². The summed E-state index contributed by atoms with van der Waals surface area (Å²) in [6.07, 6.45) is 17.7. The van der Waals surface area contributed by atoms with Gasteiger partial charge in [0.2, 0.25) is 0 Å². The van der Waals surface area contributed by atoms with Crippen LogP contribution in [-0.4, -0.2) is 5.16 Å². The summed E-state index contributed by atoms with van der Waals surface area (Å²) in [5.74, 6) is 0. The summed E-state index contributed by atoms with van der Waals surface area (Å²) >= 11 is 0. The lowest BCUT2D eigenvalue weighted by molar-refractivity contribution is 0.377. The van der Waals surface area contributed by atoms with Crippen molar-refractivity contribution in [2.75, 3.05) is 0 Å². The topological polar surface area (TPSA) is 46.0 Å². The van der Waals surface area contributed by atoms with E-state index >= 15 is 0 Å². The highest BCUT2D eigenvalue weighted by Crippen LogP contribution is 2.40. The van der Waals surface area contributed by atoms with Gasteiger partial charge in [0.15, 0.2) is 0 Å². The molecule has 1 heterocycles. The predicted molar refractivity (Wildman–Crippen MR) is 105 cm³/mol. The standard InChI is InChI=1S/C22H29NO2/c1-16(11-12-20-18(3)10-7-13-22(20,4)5)8-6-9-17(2)14-19-15-23-25-21(19)24/h6,8-9,11-12,14-15,23H,7,10,13H2,1-5H3/b9-6+,12-11+,16-8+,17-14+. The van der Waals surface area contributed by atoms with E-state index in [-0.39, 0.29) is 11.0 Å². The molecule has 1 N–H and O–H groups in total. The van der Waals surface area contributed by atoms with E-state index in [2.05, 4.69) is 55.6 Å². The van der Waals surface area contributed by atoms with Crippen LogP contribution in [0.25, 0.3) is 6.08 Å². The first-order chi connectivity index (χ1) is 11.8. The van der Waals surface area contributed by atoms with E-state index in [0.29, 0.717) is 5.56 Å². The van der Waals surface area contributed by atoms with Gasteiger partial charge >= 0.3 is 5.63 Å². The minimum Gasteiger partial charge on any atom is -0.338 e. The number of hydrogen-bond acceptors (Lipinski definition) is 2. The molecule has 0 aromatic carbocycles. The number of allylic oxidation sites excluding steroid dienone is 9. The van der Waals surface area contributed by atoms with Crippen molar-refractivity contribution in [3.63, 3.8) is 0 Å². The molecule has 134 valence electrons. The zero-order valence-electron chi connectivity index (χ0n) is 16.0. The Balaban J connectivity index is 2.05. The average molecular weight is 339 g/mol. The van der Waals surface area contributed by atoms with Crippen LogP contribution in [0.3, 0.4) is 0 Å². The number of nitrogens with one attached hydrogen (secondary N) is 1. The summed E-state index contributed by atoms with van der Waals surface area (Å²) in [7, 11) is 0. The third-order valence-corrected chi connectivity index (χ3v) is 4.76. The fourth-order valence-corrected chi connectivity index (χ4v) is 3.29. The Morgan fingerprint density at radius 3 is 2.64 bits per heavy atom. The molecule has 0 bridgehead atoms. The Labute approximate surface area is 150 Å². The summed E-state index contributed by atoms with van der Waals surface area (Å²) in [5.41, 5.74) is 5.64. The quantitative estimate of drug-likeness (QED) is 0.673. The van der Waals surface area contributed by atoms with Gasteiger partial charge in [-0.3, -0.25) is 0 Å². The van der Waals surface area contributed by atoms with Gasteiger partial charge in [-0.2, -0.15) is 0 Å². The third kappa shape index (κ3) is 5.35. The molecule has 0 radical (unpaired) electrons. The Morgan fingerprint density at radius 2 is 2.00 bits per heavy atom. The number of hydrogen-bond donors (Lipinski definition) is 1. The summed E-state index contributed by atoms with van der Waals surface area (Å²) < 4.78 is 4.65. The van der Waals surface area contributed by atoms with Crippen LogP contribution >= 0.6 is 0 Å². The molecule has 1 aliphatic rings. The van der Waals surface area contributed by atoms with E-state index < -0.39 is 0 Å². The third-order valence-electron chi connectivity index (χ3n) is 4.76. The molecule has 1 aliphatic carbocycles. The SMILES string of the molecule is CC1=C(/C=C/C(C)=C/C=C/C(C)=C/c2c[nH]oc2=O)C(C)(C)CCC1. The Morgan fingerprint density at radius 1 is 1.24 bits per heavy atom. The van der Waals surface area contributed by atoms with Crippen molar-refractivity contribution in [3.8, 4) is 0 Å². The molecule has 1 aromatic rings. The van der Waals surface area contributed by atoms with Crippen LogP contribution < -0.4 is 5.63 Å². The molecule has 1 aromatic heterocycles. The minimum absolute atomic E-state index is 0.270. The van der Waals surface area contributed by atoms with Crippen LogP contribution in [0.4, 0.5) is 0 Å². The predicted octanol–water partition coefficient (Wildman–Crippen LogP) is 5.96. The van der Waals surface area contributed by atoms with E-state index in [9.17, 15) is 4.79 Å². The maximum Gasteiger partial charge on any atom is 0.364 e. The van der Waals surface area contributed by atoms with Crippen LogP contribution in [0.15, 0.2) is 68.2 Å². The van der Waals surface area contributed by atoms with E-state index in [1.54, 1.807) is 12.3 Å². The highest BCUT2D eigenvalue weighted by Gasteiger charge is 2.26. The van der Waals surface area contributed by atoms with Gasteiger partial charge < -0.3 is 4.52 Å². The number of H-pyrrole nitrogens is 1. The molecule has 3 heteroatoms. The lowest BCUT2D eigenvalue weighted by atomic mass is 9.72. The van der Waals surface area contributed by atoms with Crippen LogP contribution in [0, 0.1) is 5.41 Å². The Bertz CT molecular complexity index is 807. The maximum absolute atomic E-state index is 11.4. The van der Waals surface area contributed by atoms with Gasteiger partial charge in [0, 0.05) is 0 Å². The van der Waals surface area contributed by atoms with Crippen molar-refractivity contribution >= 4 is 6.08 Å². The first-order valence-electron chi connectivity index (χ1n) is 8.88. The number of rotatable bonds is 5.